The molecule has 3 aromatic rings. The van der Waals surface area contributed by atoms with Crippen LogP contribution in [0.25, 0.3) is 11.0 Å². The standard InChI is InChI=1S/C17H17N3O3/c1-2-20-16-12(10-18-20)15(21)14(17(22)23)13(19-16)9-8-11-6-4-3-5-7-11/h3-7,10H,2,8-9H2,1H3,(H,19,21)(H,22,23). The maximum Gasteiger partial charge on any atom is 0.341 e. The summed E-state index contributed by atoms with van der Waals surface area (Å²) >= 11 is 0. The van der Waals surface area contributed by atoms with Crippen LogP contribution in [0.2, 0.25) is 0 Å². The Kier molecular flexibility index (Phi) is 3.97. The monoisotopic (exact) mass is 311 g/mol. The number of rotatable bonds is 5. The molecule has 0 fully saturated rings. The van der Waals surface area contributed by atoms with Crippen molar-refractivity contribution in [2.24, 2.45) is 0 Å². The smallest absolute Gasteiger partial charge is 0.341 e. The molecule has 6 nitrogen and oxygen atoms in total. The molecule has 0 amide bonds. The Balaban J connectivity index is 2.08. The molecule has 0 aliphatic rings. The van der Waals surface area contributed by atoms with Crippen LogP contribution in [0.5, 0.6) is 0 Å². The van der Waals surface area contributed by atoms with E-state index in [-0.39, 0.29) is 5.56 Å². The first-order chi connectivity index (χ1) is 11.1. The molecule has 23 heavy (non-hydrogen) atoms. The minimum Gasteiger partial charge on any atom is -0.477 e. The van der Waals surface area contributed by atoms with E-state index in [2.05, 4.69) is 10.1 Å². The summed E-state index contributed by atoms with van der Waals surface area (Å²) < 4.78 is 1.66. The zero-order valence-electron chi connectivity index (χ0n) is 12.7. The fraction of sp³-hybridized carbons (Fsp3) is 0.235. The molecular weight excluding hydrogens is 294 g/mol. The molecule has 0 spiro atoms. The van der Waals surface area contributed by atoms with Gasteiger partial charge in [0.2, 0.25) is 5.43 Å². The van der Waals surface area contributed by atoms with Crippen LogP contribution in [0.15, 0.2) is 41.3 Å². The van der Waals surface area contributed by atoms with E-state index in [1.807, 2.05) is 37.3 Å². The summed E-state index contributed by atoms with van der Waals surface area (Å²) in [5, 5.41) is 13.9. The number of aromatic carboxylic acids is 1. The number of carboxylic acids is 1. The quantitative estimate of drug-likeness (QED) is 0.756. The van der Waals surface area contributed by atoms with Crippen molar-refractivity contribution in [3.8, 4) is 0 Å². The van der Waals surface area contributed by atoms with Crippen LogP contribution >= 0.6 is 0 Å². The van der Waals surface area contributed by atoms with E-state index < -0.39 is 11.4 Å². The van der Waals surface area contributed by atoms with Gasteiger partial charge in [-0.25, -0.2) is 9.48 Å². The van der Waals surface area contributed by atoms with Crippen LogP contribution in [0, 0.1) is 0 Å². The van der Waals surface area contributed by atoms with Crippen LogP contribution in [-0.2, 0) is 19.4 Å². The van der Waals surface area contributed by atoms with Crippen molar-refractivity contribution >= 4 is 17.0 Å². The minimum absolute atomic E-state index is 0.191. The lowest BCUT2D eigenvalue weighted by atomic mass is 10.0. The van der Waals surface area contributed by atoms with E-state index >= 15 is 0 Å². The molecule has 0 saturated carbocycles. The van der Waals surface area contributed by atoms with Gasteiger partial charge in [0, 0.05) is 12.2 Å². The Hall–Kier alpha value is -2.89. The molecule has 1 aromatic carbocycles. The van der Waals surface area contributed by atoms with Crippen molar-refractivity contribution in [2.75, 3.05) is 0 Å². The van der Waals surface area contributed by atoms with Gasteiger partial charge >= 0.3 is 5.97 Å². The maximum absolute atomic E-state index is 12.5. The summed E-state index contributed by atoms with van der Waals surface area (Å²) in [6.45, 7) is 2.52. The third-order valence-electron chi connectivity index (χ3n) is 3.90. The van der Waals surface area contributed by atoms with Crippen LogP contribution < -0.4 is 5.43 Å². The van der Waals surface area contributed by atoms with Gasteiger partial charge in [0.05, 0.1) is 11.6 Å². The number of aryl methyl sites for hydroxylation is 3. The van der Waals surface area contributed by atoms with Crippen LogP contribution in [0.1, 0.15) is 28.5 Å². The topological polar surface area (TPSA) is 88.0 Å². The van der Waals surface area contributed by atoms with Gasteiger partial charge < -0.3 is 10.1 Å². The lowest BCUT2D eigenvalue weighted by Crippen LogP contribution is -2.20. The number of nitrogens with zero attached hydrogens (tertiary/aromatic N) is 2. The summed E-state index contributed by atoms with van der Waals surface area (Å²) in [7, 11) is 0. The maximum atomic E-state index is 12.5. The van der Waals surface area contributed by atoms with Crippen molar-refractivity contribution in [3.63, 3.8) is 0 Å². The van der Waals surface area contributed by atoms with Gasteiger partial charge in [0.25, 0.3) is 0 Å². The molecule has 2 N–H and O–H groups in total. The van der Waals surface area contributed by atoms with Gasteiger partial charge in [-0.2, -0.15) is 5.10 Å². The summed E-state index contributed by atoms with van der Waals surface area (Å²) in [5.41, 5.74) is 1.44. The first kappa shape index (κ1) is 15.0. The third kappa shape index (κ3) is 2.75. The summed E-state index contributed by atoms with van der Waals surface area (Å²) in [6.07, 6.45) is 2.53. The van der Waals surface area contributed by atoms with Gasteiger partial charge in [-0.15, -0.1) is 0 Å². The van der Waals surface area contributed by atoms with Crippen molar-refractivity contribution in [3.05, 3.63) is 63.6 Å². The Morgan fingerprint density at radius 2 is 2.00 bits per heavy atom. The highest BCUT2D eigenvalue weighted by Gasteiger charge is 2.20. The molecule has 6 heteroatoms. The van der Waals surface area contributed by atoms with Gasteiger partial charge in [0.1, 0.15) is 11.2 Å². The fourth-order valence-corrected chi connectivity index (χ4v) is 2.73. The van der Waals surface area contributed by atoms with Crippen molar-refractivity contribution < 1.29 is 9.90 Å². The first-order valence-electron chi connectivity index (χ1n) is 7.49. The lowest BCUT2D eigenvalue weighted by molar-refractivity contribution is 0.0694. The average Bonchev–Trinajstić information content (AvgIpc) is 2.97. The Labute approximate surface area is 132 Å². The number of nitrogens with one attached hydrogen (secondary N) is 1. The molecule has 0 radical (unpaired) electrons. The predicted octanol–water partition coefficient (Wildman–Crippen LogP) is 2.23. The van der Waals surface area contributed by atoms with E-state index in [0.717, 1.165) is 5.56 Å². The minimum atomic E-state index is -1.21. The molecule has 118 valence electrons. The summed E-state index contributed by atoms with van der Waals surface area (Å²) in [6, 6.07) is 9.76. The van der Waals surface area contributed by atoms with Crippen LogP contribution in [-0.4, -0.2) is 25.8 Å². The zero-order chi connectivity index (χ0) is 16.4. The predicted molar refractivity (Wildman–Crippen MR) is 86.8 cm³/mol. The molecule has 0 saturated heterocycles. The number of H-pyrrole nitrogens is 1. The molecule has 0 bridgehead atoms. The number of aromatic amines is 1. The van der Waals surface area contributed by atoms with E-state index in [1.54, 1.807) is 4.68 Å². The SMILES string of the molecule is CCn1ncc2c(=O)c(C(=O)O)c(CCc3ccccc3)[nH]c21. The second kappa shape index (κ2) is 6.08. The highest BCUT2D eigenvalue weighted by molar-refractivity contribution is 5.93. The van der Waals surface area contributed by atoms with Gasteiger partial charge in [-0.05, 0) is 25.3 Å². The molecule has 3 rings (SSSR count). The number of hydrogen-bond donors (Lipinski definition) is 2. The molecule has 0 aliphatic heterocycles. The number of pyridine rings is 1. The molecule has 0 aliphatic carbocycles. The highest BCUT2D eigenvalue weighted by atomic mass is 16.4. The largest absolute Gasteiger partial charge is 0.477 e. The molecule has 2 aromatic heterocycles. The highest BCUT2D eigenvalue weighted by Crippen LogP contribution is 2.14. The Morgan fingerprint density at radius 1 is 1.26 bits per heavy atom. The van der Waals surface area contributed by atoms with Crippen LogP contribution in [0.4, 0.5) is 0 Å². The summed E-state index contributed by atoms with van der Waals surface area (Å²) in [4.78, 5) is 27.1. The van der Waals surface area contributed by atoms with Crippen molar-refractivity contribution in [1.29, 1.82) is 0 Å². The molecule has 0 atom stereocenters. The zero-order valence-corrected chi connectivity index (χ0v) is 12.7. The van der Waals surface area contributed by atoms with Crippen molar-refractivity contribution in [2.45, 2.75) is 26.3 Å². The molecule has 0 unspecified atom stereocenters. The number of carbonyl (C=O) groups is 1. The Bertz CT molecular complexity index is 910. The second-order valence-corrected chi connectivity index (χ2v) is 5.32. The van der Waals surface area contributed by atoms with E-state index in [9.17, 15) is 14.7 Å². The van der Waals surface area contributed by atoms with E-state index in [1.165, 1.54) is 6.20 Å². The summed E-state index contributed by atoms with van der Waals surface area (Å²) in [5.74, 6) is -1.21. The van der Waals surface area contributed by atoms with Gasteiger partial charge in [-0.1, -0.05) is 30.3 Å². The van der Waals surface area contributed by atoms with Crippen LogP contribution in [0.3, 0.4) is 0 Å². The normalized spacial score (nSPS) is 11.0. The number of hydrogen-bond acceptors (Lipinski definition) is 3. The fourth-order valence-electron chi connectivity index (χ4n) is 2.73. The number of carboxylic acid groups (broad SMARTS) is 1. The van der Waals surface area contributed by atoms with Gasteiger partial charge in [0.15, 0.2) is 0 Å². The molecule has 2 heterocycles. The Morgan fingerprint density at radius 3 is 2.65 bits per heavy atom. The van der Waals surface area contributed by atoms with Gasteiger partial charge in [-0.3, -0.25) is 4.79 Å². The lowest BCUT2D eigenvalue weighted by Gasteiger charge is -2.08. The van der Waals surface area contributed by atoms with E-state index in [4.69, 9.17) is 0 Å². The number of aromatic nitrogens is 3. The second-order valence-electron chi connectivity index (χ2n) is 5.32. The number of fused-ring (bicyclic) bond motifs is 1. The van der Waals surface area contributed by atoms with Crippen molar-refractivity contribution in [1.82, 2.24) is 14.8 Å². The van der Waals surface area contributed by atoms with E-state index in [0.29, 0.717) is 36.1 Å². The first-order valence-corrected chi connectivity index (χ1v) is 7.49. The number of benzene rings is 1. The third-order valence-corrected chi connectivity index (χ3v) is 3.90. The average molecular weight is 311 g/mol. The molecular formula is C17H17N3O3.